The highest BCUT2D eigenvalue weighted by atomic mass is 19.1. The van der Waals surface area contributed by atoms with Crippen molar-refractivity contribution in [1.82, 2.24) is 4.57 Å². The third-order valence-electron chi connectivity index (χ3n) is 6.73. The fourth-order valence-electron chi connectivity index (χ4n) is 5.06. The first-order chi connectivity index (χ1) is 14.9. The van der Waals surface area contributed by atoms with Gasteiger partial charge in [0.15, 0.2) is 5.56 Å². The van der Waals surface area contributed by atoms with Crippen LogP contribution < -0.4 is 20.8 Å². The summed E-state index contributed by atoms with van der Waals surface area (Å²) >= 11 is 0. The summed E-state index contributed by atoms with van der Waals surface area (Å²) in [5.74, 6) is -2.32. The first-order valence-corrected chi connectivity index (χ1v) is 10.3. The summed E-state index contributed by atoms with van der Waals surface area (Å²) in [5, 5.41) is 9.49. The number of aromatic carboxylic acids is 1. The van der Waals surface area contributed by atoms with E-state index in [1.54, 1.807) is 0 Å². The summed E-state index contributed by atoms with van der Waals surface area (Å²) in [4.78, 5) is 26.5. The average Bonchev–Trinajstić information content (AvgIpc) is 3.38. The highest BCUT2D eigenvalue weighted by molar-refractivity contribution is 5.96. The molecule has 2 saturated heterocycles. The summed E-state index contributed by atoms with van der Waals surface area (Å²) in [5.41, 5.74) is 4.48. The van der Waals surface area contributed by atoms with E-state index in [1.165, 1.54) is 10.6 Å². The second kappa shape index (κ2) is 7.16. The van der Waals surface area contributed by atoms with Gasteiger partial charge in [0.05, 0.1) is 11.2 Å². The van der Waals surface area contributed by atoms with Crippen molar-refractivity contribution in [3.8, 4) is 5.88 Å². The molecule has 0 bridgehead atoms. The molecule has 31 heavy (non-hydrogen) atoms. The van der Waals surface area contributed by atoms with E-state index in [1.807, 2.05) is 4.90 Å². The largest absolute Gasteiger partial charge is 0.477 e. The van der Waals surface area contributed by atoms with E-state index in [0.29, 0.717) is 31.8 Å². The Morgan fingerprint density at radius 3 is 2.74 bits per heavy atom. The minimum absolute atomic E-state index is 0.0686. The molecule has 10 heteroatoms. The molecule has 0 spiro atoms. The van der Waals surface area contributed by atoms with Crippen LogP contribution in [0.5, 0.6) is 5.88 Å². The van der Waals surface area contributed by atoms with Crippen molar-refractivity contribution in [2.75, 3.05) is 38.0 Å². The number of alkyl halides is 1. The first-order valence-electron chi connectivity index (χ1n) is 10.3. The van der Waals surface area contributed by atoms with Gasteiger partial charge in [0.1, 0.15) is 11.4 Å². The minimum Gasteiger partial charge on any atom is -0.477 e. The molecule has 1 saturated carbocycles. The molecule has 0 unspecified atom stereocenters. The van der Waals surface area contributed by atoms with E-state index in [4.69, 9.17) is 15.2 Å². The lowest BCUT2D eigenvalue weighted by Gasteiger charge is -2.27. The van der Waals surface area contributed by atoms with Crippen molar-refractivity contribution in [3.05, 3.63) is 33.7 Å². The van der Waals surface area contributed by atoms with Gasteiger partial charge in [0, 0.05) is 43.6 Å². The fraction of sp³-hybridized carbons (Fsp3) is 0.524. The molecule has 0 radical (unpaired) electrons. The van der Waals surface area contributed by atoms with E-state index in [-0.39, 0.29) is 28.9 Å². The van der Waals surface area contributed by atoms with Crippen molar-refractivity contribution in [2.24, 2.45) is 11.7 Å². The number of hydrogen-bond acceptors (Lipinski definition) is 6. The number of hydrogen-bond donors (Lipinski definition) is 2. The van der Waals surface area contributed by atoms with Gasteiger partial charge in [0.25, 0.3) is 0 Å². The van der Waals surface area contributed by atoms with Gasteiger partial charge in [-0.05, 0) is 31.4 Å². The van der Waals surface area contributed by atoms with E-state index in [0.717, 1.165) is 25.3 Å². The molecule has 166 valence electrons. The number of halogens is 2. The Morgan fingerprint density at radius 2 is 2.13 bits per heavy atom. The molecule has 1 aliphatic carbocycles. The van der Waals surface area contributed by atoms with Gasteiger partial charge in [-0.2, -0.15) is 0 Å². The van der Waals surface area contributed by atoms with Crippen LogP contribution in [0.25, 0.3) is 10.9 Å². The first kappa shape index (κ1) is 20.2. The number of fused-ring (bicyclic) bond motifs is 2. The summed E-state index contributed by atoms with van der Waals surface area (Å²) in [6.45, 7) is 0.654. The molecule has 3 fully saturated rings. The normalized spacial score (nSPS) is 25.3. The number of ether oxygens (including phenoxy) is 2. The summed E-state index contributed by atoms with van der Waals surface area (Å²) in [6.07, 6.45) is 2.29. The van der Waals surface area contributed by atoms with Gasteiger partial charge in [-0.1, -0.05) is 0 Å². The molecule has 8 nitrogen and oxygen atoms in total. The van der Waals surface area contributed by atoms with Crippen LogP contribution >= 0.6 is 0 Å². The molecule has 1 aromatic heterocycles. The quantitative estimate of drug-likeness (QED) is 0.715. The molecule has 3 N–H and O–H groups in total. The molecule has 3 heterocycles. The van der Waals surface area contributed by atoms with Crippen molar-refractivity contribution in [1.29, 1.82) is 0 Å². The maximum Gasteiger partial charge on any atom is 0.345 e. The van der Waals surface area contributed by atoms with Crippen LogP contribution in [0.4, 0.5) is 14.5 Å². The monoisotopic (exact) mass is 435 g/mol. The molecule has 0 amide bonds. The Bertz CT molecular complexity index is 1130. The van der Waals surface area contributed by atoms with Gasteiger partial charge in [-0.3, -0.25) is 4.79 Å². The van der Waals surface area contributed by atoms with Crippen LogP contribution in [-0.2, 0) is 4.74 Å². The number of aromatic nitrogens is 1. The number of anilines is 1. The smallest absolute Gasteiger partial charge is 0.345 e. The van der Waals surface area contributed by atoms with E-state index in [9.17, 15) is 19.1 Å². The Hall–Kier alpha value is -2.72. The number of carbonyl (C=O) groups is 1. The zero-order valence-corrected chi connectivity index (χ0v) is 16.8. The zero-order valence-electron chi connectivity index (χ0n) is 16.8. The zero-order chi connectivity index (χ0) is 21.9. The number of nitrogens with zero attached hydrogens (tertiary/aromatic N) is 2. The van der Waals surface area contributed by atoms with Crippen molar-refractivity contribution < 1.29 is 28.2 Å². The van der Waals surface area contributed by atoms with E-state index < -0.39 is 35.2 Å². The summed E-state index contributed by atoms with van der Waals surface area (Å²) in [6, 6.07) is 2.46. The number of benzene rings is 1. The predicted molar refractivity (Wildman–Crippen MR) is 108 cm³/mol. The van der Waals surface area contributed by atoms with Crippen LogP contribution in [0.3, 0.4) is 0 Å². The maximum absolute atomic E-state index is 15.2. The molecular weight excluding hydrogens is 412 g/mol. The molecule has 2 aliphatic heterocycles. The SMILES string of the molecule is NC[C@]12CN(c3cc4c(cc3F)c(=O)c(C(=O)O)c(OCF)n4C3CC3)C[C@H]1CCO2. The molecule has 1 aromatic carbocycles. The fourth-order valence-corrected chi connectivity index (χ4v) is 5.06. The molecule has 2 aromatic rings. The maximum atomic E-state index is 15.2. The lowest BCUT2D eigenvalue weighted by Crippen LogP contribution is -2.44. The number of carboxylic acids is 1. The minimum atomic E-state index is -1.54. The van der Waals surface area contributed by atoms with Crippen molar-refractivity contribution in [2.45, 2.75) is 30.9 Å². The number of nitrogens with two attached hydrogens (primary N) is 1. The topological polar surface area (TPSA) is 107 Å². The van der Waals surface area contributed by atoms with Crippen molar-refractivity contribution in [3.63, 3.8) is 0 Å². The third kappa shape index (κ3) is 3.00. The van der Waals surface area contributed by atoms with E-state index in [2.05, 4.69) is 0 Å². The van der Waals surface area contributed by atoms with Crippen LogP contribution in [0.15, 0.2) is 16.9 Å². The number of rotatable bonds is 6. The number of carboxylic acid groups (broad SMARTS) is 1. The Kier molecular flexibility index (Phi) is 4.67. The van der Waals surface area contributed by atoms with Crippen LogP contribution in [0.1, 0.15) is 35.7 Å². The lowest BCUT2D eigenvalue weighted by atomic mass is 9.91. The summed E-state index contributed by atoms with van der Waals surface area (Å²) < 4.78 is 40.7. The second-order valence-electron chi connectivity index (χ2n) is 8.47. The van der Waals surface area contributed by atoms with Crippen LogP contribution in [0, 0.1) is 11.7 Å². The lowest BCUT2D eigenvalue weighted by molar-refractivity contribution is 0.0126. The van der Waals surface area contributed by atoms with Crippen molar-refractivity contribution >= 4 is 22.6 Å². The Labute approximate surface area is 176 Å². The van der Waals surface area contributed by atoms with Gasteiger partial charge in [-0.25, -0.2) is 13.6 Å². The summed E-state index contributed by atoms with van der Waals surface area (Å²) in [7, 11) is 0. The second-order valence-corrected chi connectivity index (χ2v) is 8.47. The van der Waals surface area contributed by atoms with Crippen LogP contribution in [0.2, 0.25) is 0 Å². The molecule has 3 aliphatic rings. The van der Waals surface area contributed by atoms with E-state index >= 15 is 4.39 Å². The van der Waals surface area contributed by atoms with Gasteiger partial charge in [0.2, 0.25) is 18.2 Å². The van der Waals surface area contributed by atoms with Crippen LogP contribution in [-0.4, -0.2) is 54.3 Å². The average molecular weight is 435 g/mol. The highest BCUT2D eigenvalue weighted by Gasteiger charge is 2.50. The third-order valence-corrected chi connectivity index (χ3v) is 6.73. The number of pyridine rings is 1. The predicted octanol–water partition coefficient (Wildman–Crippen LogP) is 2.03. The van der Waals surface area contributed by atoms with Gasteiger partial charge in [-0.15, -0.1) is 0 Å². The highest BCUT2D eigenvalue weighted by Crippen LogP contribution is 2.44. The molecule has 2 atom stereocenters. The standard InChI is InChI=1S/C21H23F2N3O5/c22-10-30-19-17(20(28)29)18(27)13-5-14(23)16(6-15(13)26(19)12-1-2-12)25-7-11-3-4-31-21(11,8-24)9-25/h5-6,11-12H,1-4,7-10,24H2,(H,28,29)/t11-,21+/m1/s1. The van der Waals surface area contributed by atoms with Gasteiger partial charge < -0.3 is 29.8 Å². The molecule has 5 rings (SSSR count). The Morgan fingerprint density at radius 1 is 1.35 bits per heavy atom. The van der Waals surface area contributed by atoms with Gasteiger partial charge >= 0.3 is 5.97 Å². The Balaban J connectivity index is 1.71. The molecular formula is C21H23F2N3O5.